The molecule has 1 aliphatic heterocycles. The van der Waals surface area contributed by atoms with E-state index in [0.717, 1.165) is 17.7 Å². The fourth-order valence-corrected chi connectivity index (χ4v) is 5.18. The first-order valence-corrected chi connectivity index (χ1v) is 11.7. The summed E-state index contributed by atoms with van der Waals surface area (Å²) >= 11 is 0. The monoisotopic (exact) mass is 454 g/mol. The number of ketones is 1. The third kappa shape index (κ3) is 4.36. The molecule has 0 unspecified atom stereocenters. The Balaban J connectivity index is 1.65. The summed E-state index contributed by atoms with van der Waals surface area (Å²) in [7, 11) is -3.97. The average molecular weight is 455 g/mol. The SMILES string of the molecule is C[C@H](C(=O)Cc1cnc2c(c1)N(S(=O)(=O)c1ccc(F)cc1)C[C@H](C)O2)c1ccccc1. The molecule has 2 aromatic carbocycles. The van der Waals surface area contributed by atoms with Crippen molar-refractivity contribution in [2.75, 3.05) is 10.8 Å². The Labute approximate surface area is 186 Å². The van der Waals surface area contributed by atoms with Crippen molar-refractivity contribution in [3.63, 3.8) is 0 Å². The lowest BCUT2D eigenvalue weighted by Crippen LogP contribution is -2.42. The van der Waals surface area contributed by atoms with Crippen LogP contribution in [-0.2, 0) is 21.2 Å². The summed E-state index contributed by atoms with van der Waals surface area (Å²) in [5.74, 6) is -0.644. The van der Waals surface area contributed by atoms with Crippen molar-refractivity contribution < 1.29 is 22.3 Å². The van der Waals surface area contributed by atoms with Crippen molar-refractivity contribution in [1.29, 1.82) is 0 Å². The highest BCUT2D eigenvalue weighted by molar-refractivity contribution is 7.92. The first kappa shape index (κ1) is 22.0. The van der Waals surface area contributed by atoms with E-state index in [-0.39, 0.29) is 41.1 Å². The van der Waals surface area contributed by atoms with Gasteiger partial charge in [0.2, 0.25) is 5.88 Å². The van der Waals surface area contributed by atoms with Gasteiger partial charge >= 0.3 is 0 Å². The molecule has 2 atom stereocenters. The van der Waals surface area contributed by atoms with Crippen LogP contribution in [0, 0.1) is 5.82 Å². The van der Waals surface area contributed by atoms with Gasteiger partial charge in [0, 0.05) is 18.5 Å². The number of anilines is 1. The van der Waals surface area contributed by atoms with Gasteiger partial charge in [0.1, 0.15) is 23.4 Å². The molecule has 0 fully saturated rings. The minimum Gasteiger partial charge on any atom is -0.471 e. The van der Waals surface area contributed by atoms with Crippen LogP contribution in [0.25, 0.3) is 0 Å². The summed E-state index contributed by atoms with van der Waals surface area (Å²) < 4.78 is 46.8. The summed E-state index contributed by atoms with van der Waals surface area (Å²) in [5, 5.41) is 0. The molecule has 0 bridgehead atoms. The normalized spacial score (nSPS) is 16.7. The summed E-state index contributed by atoms with van der Waals surface area (Å²) in [5.41, 5.74) is 1.78. The summed E-state index contributed by atoms with van der Waals surface area (Å²) in [6, 6.07) is 15.8. The highest BCUT2D eigenvalue weighted by Gasteiger charge is 2.34. The number of hydrogen-bond acceptors (Lipinski definition) is 5. The number of rotatable bonds is 6. The summed E-state index contributed by atoms with van der Waals surface area (Å²) in [4.78, 5) is 17.1. The molecule has 8 heteroatoms. The predicted molar refractivity (Wildman–Crippen MR) is 119 cm³/mol. The number of pyridine rings is 1. The lowest BCUT2D eigenvalue weighted by atomic mass is 9.93. The minimum absolute atomic E-state index is 0.00372. The molecule has 0 spiro atoms. The molecule has 4 rings (SSSR count). The molecule has 1 aliphatic rings. The molecule has 0 aliphatic carbocycles. The van der Waals surface area contributed by atoms with Gasteiger partial charge in [0.15, 0.2) is 0 Å². The Morgan fingerprint density at radius 2 is 1.88 bits per heavy atom. The number of halogens is 1. The Morgan fingerprint density at radius 1 is 1.19 bits per heavy atom. The zero-order chi connectivity index (χ0) is 22.9. The van der Waals surface area contributed by atoms with E-state index in [1.54, 1.807) is 13.0 Å². The van der Waals surface area contributed by atoms with Gasteiger partial charge in [-0.25, -0.2) is 17.8 Å². The van der Waals surface area contributed by atoms with Crippen molar-refractivity contribution in [1.82, 2.24) is 4.98 Å². The third-order valence-corrected chi connectivity index (χ3v) is 7.25. The van der Waals surface area contributed by atoms with Crippen LogP contribution >= 0.6 is 0 Å². The number of sulfonamides is 1. The van der Waals surface area contributed by atoms with Gasteiger partial charge in [-0.3, -0.25) is 9.10 Å². The summed E-state index contributed by atoms with van der Waals surface area (Å²) in [6.45, 7) is 3.67. The smallest absolute Gasteiger partial charge is 0.264 e. The fourth-order valence-electron chi connectivity index (χ4n) is 3.65. The van der Waals surface area contributed by atoms with Gasteiger partial charge in [-0.1, -0.05) is 37.3 Å². The second kappa shape index (κ2) is 8.70. The molecule has 3 aromatic rings. The number of hydrogen-bond donors (Lipinski definition) is 0. The van der Waals surface area contributed by atoms with Gasteiger partial charge in [0.05, 0.1) is 11.4 Å². The molecule has 0 radical (unpaired) electrons. The Morgan fingerprint density at radius 3 is 2.56 bits per heavy atom. The molecule has 0 amide bonds. The van der Waals surface area contributed by atoms with Crippen LogP contribution < -0.4 is 9.04 Å². The van der Waals surface area contributed by atoms with Crippen molar-refractivity contribution >= 4 is 21.5 Å². The Kier molecular flexibility index (Phi) is 5.97. The van der Waals surface area contributed by atoms with Crippen molar-refractivity contribution in [3.05, 3.63) is 83.8 Å². The van der Waals surface area contributed by atoms with Crippen LogP contribution in [-0.4, -0.2) is 31.8 Å². The molecule has 0 saturated carbocycles. The van der Waals surface area contributed by atoms with Crippen LogP contribution in [0.1, 0.15) is 30.9 Å². The molecule has 0 N–H and O–H groups in total. The molecule has 1 aromatic heterocycles. The minimum atomic E-state index is -3.97. The zero-order valence-electron chi connectivity index (χ0n) is 17.7. The fraction of sp³-hybridized carbons (Fsp3) is 0.250. The number of aromatic nitrogens is 1. The lowest BCUT2D eigenvalue weighted by Gasteiger charge is -2.33. The summed E-state index contributed by atoms with van der Waals surface area (Å²) in [6.07, 6.45) is 1.22. The largest absolute Gasteiger partial charge is 0.471 e. The number of benzene rings is 2. The number of Topliss-reactive ketones (excluding diaryl/α,β-unsaturated/α-hetero) is 1. The van der Waals surface area contributed by atoms with Crippen LogP contribution in [0.15, 0.2) is 71.8 Å². The van der Waals surface area contributed by atoms with Crippen molar-refractivity contribution in [3.8, 4) is 5.88 Å². The van der Waals surface area contributed by atoms with E-state index in [4.69, 9.17) is 4.74 Å². The number of carbonyl (C=O) groups excluding carboxylic acids is 1. The molecule has 0 saturated heterocycles. The van der Waals surface area contributed by atoms with Gasteiger partial charge in [-0.2, -0.15) is 0 Å². The maximum absolute atomic E-state index is 13.3. The van der Waals surface area contributed by atoms with Gasteiger partial charge in [-0.15, -0.1) is 0 Å². The molecule has 6 nitrogen and oxygen atoms in total. The van der Waals surface area contributed by atoms with Crippen molar-refractivity contribution in [2.24, 2.45) is 0 Å². The highest BCUT2D eigenvalue weighted by Crippen LogP contribution is 2.36. The maximum Gasteiger partial charge on any atom is 0.264 e. The molecular formula is C24H23FN2O4S. The Bertz CT molecular complexity index is 1230. The van der Waals surface area contributed by atoms with Crippen LogP contribution in [0.5, 0.6) is 5.88 Å². The second-order valence-corrected chi connectivity index (χ2v) is 9.72. The van der Waals surface area contributed by atoms with Gasteiger partial charge in [-0.05, 0) is 48.4 Å². The van der Waals surface area contributed by atoms with E-state index in [1.807, 2.05) is 37.3 Å². The van der Waals surface area contributed by atoms with Gasteiger partial charge < -0.3 is 4.74 Å². The quantitative estimate of drug-likeness (QED) is 0.560. The Hall–Kier alpha value is -3.26. The van der Waals surface area contributed by atoms with Crippen LogP contribution in [0.3, 0.4) is 0 Å². The number of ether oxygens (including phenoxy) is 1. The molecule has 32 heavy (non-hydrogen) atoms. The van der Waals surface area contributed by atoms with E-state index in [0.29, 0.717) is 5.56 Å². The molecular weight excluding hydrogens is 431 g/mol. The van der Waals surface area contributed by atoms with E-state index >= 15 is 0 Å². The third-order valence-electron chi connectivity index (χ3n) is 5.46. The first-order chi connectivity index (χ1) is 15.3. The van der Waals surface area contributed by atoms with E-state index in [1.165, 1.54) is 22.6 Å². The van der Waals surface area contributed by atoms with Crippen LogP contribution in [0.2, 0.25) is 0 Å². The van der Waals surface area contributed by atoms with E-state index < -0.39 is 21.9 Å². The predicted octanol–water partition coefficient (Wildman–Crippen LogP) is 4.11. The maximum atomic E-state index is 13.3. The second-order valence-electron chi connectivity index (χ2n) is 7.86. The van der Waals surface area contributed by atoms with Crippen LogP contribution in [0.4, 0.5) is 10.1 Å². The average Bonchev–Trinajstić information content (AvgIpc) is 2.79. The number of nitrogens with zero attached hydrogens (tertiary/aromatic N) is 2. The number of carbonyl (C=O) groups is 1. The van der Waals surface area contributed by atoms with E-state index in [2.05, 4.69) is 4.98 Å². The van der Waals surface area contributed by atoms with Gasteiger partial charge in [0.25, 0.3) is 10.0 Å². The standard InChI is InChI=1S/C24H23FN2O4S/c1-16-15-27(32(29,30)21-10-8-20(25)9-11-21)22-12-18(14-26-24(22)31-16)13-23(28)17(2)19-6-4-3-5-7-19/h3-12,14,16-17H,13,15H2,1-2H3/t16-,17-/m0/s1. The number of fused-ring (bicyclic) bond motifs is 1. The first-order valence-electron chi connectivity index (χ1n) is 10.3. The van der Waals surface area contributed by atoms with E-state index in [9.17, 15) is 17.6 Å². The topological polar surface area (TPSA) is 76.6 Å². The van der Waals surface area contributed by atoms with Crippen molar-refractivity contribution in [2.45, 2.75) is 37.2 Å². The molecule has 166 valence electrons. The highest BCUT2D eigenvalue weighted by atomic mass is 32.2. The zero-order valence-corrected chi connectivity index (χ0v) is 18.5. The lowest BCUT2D eigenvalue weighted by molar-refractivity contribution is -0.119. The molecule has 2 heterocycles.